The summed E-state index contributed by atoms with van der Waals surface area (Å²) in [5.74, 6) is -2.15. The number of halogens is 6. The van der Waals surface area contributed by atoms with Crippen LogP contribution in [0.5, 0.6) is 11.5 Å². The van der Waals surface area contributed by atoms with Crippen LogP contribution in [-0.4, -0.2) is 18.5 Å². The molecule has 0 bridgehead atoms. The molecule has 3 nitrogen and oxygen atoms in total. The minimum atomic E-state index is -5.28. The van der Waals surface area contributed by atoms with Gasteiger partial charge in [0, 0.05) is 11.8 Å². The van der Waals surface area contributed by atoms with Crippen LogP contribution in [0.4, 0.5) is 26.3 Å². The third-order valence-corrected chi connectivity index (χ3v) is 1.86. The average molecular weight is 275 g/mol. The monoisotopic (exact) mass is 275 g/mol. The van der Waals surface area contributed by atoms with Gasteiger partial charge in [-0.15, -0.1) is 13.2 Å². The van der Waals surface area contributed by atoms with E-state index in [1.807, 2.05) is 0 Å². The van der Waals surface area contributed by atoms with Crippen molar-refractivity contribution in [1.82, 2.24) is 4.98 Å². The molecule has 0 unspecified atom stereocenters. The highest BCUT2D eigenvalue weighted by Crippen LogP contribution is 2.43. The molecule has 9 heteroatoms. The minimum absolute atomic E-state index is 0.00949. The van der Waals surface area contributed by atoms with Crippen LogP contribution in [0.15, 0.2) is 6.20 Å². The lowest BCUT2D eigenvalue weighted by Crippen LogP contribution is -2.22. The molecule has 0 amide bonds. The Bertz CT molecular complexity index is 440. The molecule has 0 aliphatic carbocycles. The molecular formula is C9H7F6NO2. The number of ether oxygens (including phenoxy) is 2. The van der Waals surface area contributed by atoms with E-state index in [-0.39, 0.29) is 5.56 Å². The normalized spacial score (nSPS) is 12.4. The molecule has 0 radical (unpaired) electrons. The van der Waals surface area contributed by atoms with Crippen molar-refractivity contribution in [3.05, 3.63) is 17.5 Å². The van der Waals surface area contributed by atoms with Crippen LogP contribution in [0.3, 0.4) is 0 Å². The summed E-state index contributed by atoms with van der Waals surface area (Å²) in [4.78, 5) is 2.91. The van der Waals surface area contributed by atoms with Crippen molar-refractivity contribution in [1.29, 1.82) is 0 Å². The summed E-state index contributed by atoms with van der Waals surface area (Å²) in [6, 6.07) is 0. The highest BCUT2D eigenvalue weighted by atomic mass is 19.4. The second kappa shape index (κ2) is 4.54. The molecule has 0 N–H and O–H groups in total. The zero-order valence-electron chi connectivity index (χ0n) is 9.11. The van der Waals surface area contributed by atoms with E-state index >= 15 is 0 Å². The van der Waals surface area contributed by atoms with Gasteiger partial charge in [-0.2, -0.15) is 13.2 Å². The summed E-state index contributed by atoms with van der Waals surface area (Å²) in [5, 5.41) is 0. The number of rotatable bonds is 2. The van der Waals surface area contributed by atoms with Crippen LogP contribution < -0.4 is 9.47 Å². The number of nitrogens with zero attached hydrogens (tertiary/aromatic N) is 1. The zero-order valence-corrected chi connectivity index (χ0v) is 9.11. The quantitative estimate of drug-likeness (QED) is 0.776. The Labute approximate surface area is 97.3 Å². The van der Waals surface area contributed by atoms with Gasteiger partial charge < -0.3 is 9.47 Å². The first kappa shape index (κ1) is 14.4. The van der Waals surface area contributed by atoms with Crippen molar-refractivity contribution in [2.45, 2.75) is 19.5 Å². The van der Waals surface area contributed by atoms with Gasteiger partial charge in [0.15, 0.2) is 11.4 Å². The first-order valence-corrected chi connectivity index (χ1v) is 4.42. The van der Waals surface area contributed by atoms with Crippen LogP contribution in [0.25, 0.3) is 0 Å². The fourth-order valence-corrected chi connectivity index (χ4v) is 1.23. The summed E-state index contributed by atoms with van der Waals surface area (Å²) < 4.78 is 81.6. The molecule has 0 atom stereocenters. The molecule has 0 saturated carbocycles. The summed E-state index contributed by atoms with van der Waals surface area (Å²) in [7, 11) is 0.936. The van der Waals surface area contributed by atoms with Crippen LogP contribution in [0, 0.1) is 6.92 Å². The SMILES string of the molecule is COc1c(C)cnc(C(F)(F)F)c1OC(F)(F)F. The molecule has 102 valence electrons. The van der Waals surface area contributed by atoms with Gasteiger partial charge in [0.05, 0.1) is 7.11 Å². The third-order valence-electron chi connectivity index (χ3n) is 1.86. The van der Waals surface area contributed by atoms with Crippen molar-refractivity contribution in [2.24, 2.45) is 0 Å². The summed E-state index contributed by atoms with van der Waals surface area (Å²) in [5.41, 5.74) is -1.80. The lowest BCUT2D eigenvalue weighted by atomic mass is 10.2. The Morgan fingerprint density at radius 2 is 1.61 bits per heavy atom. The summed E-state index contributed by atoms with van der Waals surface area (Å²) in [6.07, 6.45) is -9.60. The maximum absolute atomic E-state index is 12.5. The van der Waals surface area contributed by atoms with Gasteiger partial charge in [-0.05, 0) is 6.92 Å². The number of hydrogen-bond donors (Lipinski definition) is 0. The summed E-state index contributed by atoms with van der Waals surface area (Å²) in [6.45, 7) is 1.25. The molecule has 0 aliphatic heterocycles. The predicted octanol–water partition coefficient (Wildman–Crippen LogP) is 3.32. The number of hydrogen-bond acceptors (Lipinski definition) is 3. The van der Waals surface area contributed by atoms with Crippen LogP contribution in [0.2, 0.25) is 0 Å². The Balaban J connectivity index is 3.45. The zero-order chi connectivity index (χ0) is 14.1. The van der Waals surface area contributed by atoms with Crippen LogP contribution >= 0.6 is 0 Å². The number of pyridine rings is 1. The fraction of sp³-hybridized carbons (Fsp3) is 0.444. The molecule has 0 fully saturated rings. The molecule has 0 aromatic carbocycles. The largest absolute Gasteiger partial charge is 0.573 e. The Morgan fingerprint density at radius 1 is 1.06 bits per heavy atom. The van der Waals surface area contributed by atoms with E-state index in [2.05, 4.69) is 14.5 Å². The summed E-state index contributed by atoms with van der Waals surface area (Å²) >= 11 is 0. The molecule has 1 rings (SSSR count). The number of methoxy groups -OCH3 is 1. The standard InChI is InChI=1S/C9H7F6NO2/c1-4-3-16-7(8(10,11)12)6(5(4)17-2)18-9(13,14)15/h3H,1-2H3. The van der Waals surface area contributed by atoms with Gasteiger partial charge in [0.1, 0.15) is 0 Å². The molecule has 0 saturated heterocycles. The number of aryl methyl sites for hydroxylation is 1. The lowest BCUT2D eigenvalue weighted by Gasteiger charge is -2.18. The Hall–Kier alpha value is -1.67. The van der Waals surface area contributed by atoms with Gasteiger partial charge in [-0.25, -0.2) is 4.98 Å². The number of aromatic nitrogens is 1. The van der Waals surface area contributed by atoms with Gasteiger partial charge in [0.2, 0.25) is 5.75 Å². The molecule has 18 heavy (non-hydrogen) atoms. The van der Waals surface area contributed by atoms with Crippen molar-refractivity contribution < 1.29 is 35.8 Å². The Kier molecular flexibility index (Phi) is 3.63. The highest BCUT2D eigenvalue weighted by molar-refractivity contribution is 5.49. The second-order valence-electron chi connectivity index (χ2n) is 3.20. The number of alkyl halides is 6. The molecule has 1 aromatic heterocycles. The molecular weight excluding hydrogens is 268 g/mol. The van der Waals surface area contributed by atoms with E-state index in [1.54, 1.807) is 0 Å². The van der Waals surface area contributed by atoms with Gasteiger partial charge in [0.25, 0.3) is 0 Å². The van der Waals surface area contributed by atoms with Crippen molar-refractivity contribution in [3.8, 4) is 11.5 Å². The van der Waals surface area contributed by atoms with E-state index in [4.69, 9.17) is 0 Å². The lowest BCUT2D eigenvalue weighted by molar-refractivity contribution is -0.277. The predicted molar refractivity (Wildman–Crippen MR) is 47.2 cm³/mol. The topological polar surface area (TPSA) is 31.4 Å². The van der Waals surface area contributed by atoms with Crippen molar-refractivity contribution in [2.75, 3.05) is 7.11 Å². The third kappa shape index (κ3) is 3.17. The van der Waals surface area contributed by atoms with Gasteiger partial charge in [-0.3, -0.25) is 0 Å². The van der Waals surface area contributed by atoms with E-state index in [9.17, 15) is 26.3 Å². The second-order valence-corrected chi connectivity index (χ2v) is 3.20. The fourth-order valence-electron chi connectivity index (χ4n) is 1.23. The maximum Gasteiger partial charge on any atom is 0.573 e. The first-order valence-electron chi connectivity index (χ1n) is 4.42. The highest BCUT2D eigenvalue weighted by Gasteiger charge is 2.43. The molecule has 1 aromatic rings. The van der Waals surface area contributed by atoms with Gasteiger partial charge in [-0.1, -0.05) is 0 Å². The average Bonchev–Trinajstić information content (AvgIpc) is 2.13. The molecule has 0 spiro atoms. The minimum Gasteiger partial charge on any atom is -0.492 e. The maximum atomic E-state index is 12.5. The van der Waals surface area contributed by atoms with Crippen molar-refractivity contribution >= 4 is 0 Å². The molecule has 1 heterocycles. The van der Waals surface area contributed by atoms with Gasteiger partial charge >= 0.3 is 12.5 Å². The van der Waals surface area contributed by atoms with Crippen LogP contribution in [0.1, 0.15) is 11.3 Å². The van der Waals surface area contributed by atoms with E-state index in [0.29, 0.717) is 0 Å². The molecule has 0 aliphatic rings. The smallest absolute Gasteiger partial charge is 0.492 e. The Morgan fingerprint density at radius 3 is 2.00 bits per heavy atom. The van der Waals surface area contributed by atoms with E-state index in [1.165, 1.54) is 6.92 Å². The van der Waals surface area contributed by atoms with Crippen molar-refractivity contribution in [3.63, 3.8) is 0 Å². The van der Waals surface area contributed by atoms with E-state index in [0.717, 1.165) is 13.3 Å². The van der Waals surface area contributed by atoms with Crippen LogP contribution in [-0.2, 0) is 6.18 Å². The van der Waals surface area contributed by atoms with E-state index < -0.39 is 29.7 Å². The first-order chi connectivity index (χ1) is 8.06.